The van der Waals surface area contributed by atoms with Gasteiger partial charge in [0, 0.05) is 12.4 Å². The molecule has 0 aliphatic heterocycles. The Morgan fingerprint density at radius 3 is 2.94 bits per heavy atom. The number of hydrogen-bond acceptors (Lipinski definition) is 3. The highest BCUT2D eigenvalue weighted by molar-refractivity contribution is 5.81. The van der Waals surface area contributed by atoms with Gasteiger partial charge in [0.05, 0.1) is 12.1 Å². The lowest BCUT2D eigenvalue weighted by molar-refractivity contribution is -0.123. The van der Waals surface area contributed by atoms with Crippen LogP contribution in [0.5, 0.6) is 0 Å². The summed E-state index contributed by atoms with van der Waals surface area (Å²) in [5.41, 5.74) is 6.71. The van der Waals surface area contributed by atoms with Gasteiger partial charge in [-0.05, 0) is 25.0 Å². The van der Waals surface area contributed by atoms with Gasteiger partial charge < -0.3 is 11.1 Å². The van der Waals surface area contributed by atoms with E-state index >= 15 is 0 Å². The molecule has 1 aromatic heterocycles. The summed E-state index contributed by atoms with van der Waals surface area (Å²) in [6.07, 6.45) is 5.08. The molecule has 0 radical (unpaired) electrons. The summed E-state index contributed by atoms with van der Waals surface area (Å²) >= 11 is 0. The third-order valence-electron chi connectivity index (χ3n) is 2.48. The van der Waals surface area contributed by atoms with E-state index in [9.17, 15) is 4.79 Å². The summed E-state index contributed by atoms with van der Waals surface area (Å²) in [6.45, 7) is 3.94. The van der Waals surface area contributed by atoms with Crippen molar-refractivity contribution in [1.82, 2.24) is 10.3 Å². The minimum Gasteiger partial charge on any atom is -0.348 e. The van der Waals surface area contributed by atoms with E-state index in [1.54, 1.807) is 12.4 Å². The number of nitrogens with two attached hydrogens (primary N) is 1. The predicted molar refractivity (Wildman–Crippen MR) is 63.7 cm³/mol. The van der Waals surface area contributed by atoms with E-state index in [2.05, 4.69) is 10.3 Å². The van der Waals surface area contributed by atoms with Gasteiger partial charge in [-0.3, -0.25) is 9.78 Å². The van der Waals surface area contributed by atoms with E-state index in [1.807, 2.05) is 26.0 Å². The second kappa shape index (κ2) is 6.23. The Kier molecular flexibility index (Phi) is 4.92. The van der Waals surface area contributed by atoms with Crippen molar-refractivity contribution in [1.29, 1.82) is 0 Å². The number of carbonyl (C=O) groups excluding carboxylic acids is 1. The SMILES string of the molecule is CCC[C@H](N)C(=O)N[C@@H](C)c1cccnc1. The molecular formula is C12H19N3O. The van der Waals surface area contributed by atoms with E-state index in [0.717, 1.165) is 12.0 Å². The Bertz CT molecular complexity index is 326. The third-order valence-corrected chi connectivity index (χ3v) is 2.48. The van der Waals surface area contributed by atoms with Crippen LogP contribution in [0.1, 0.15) is 38.3 Å². The molecule has 0 fully saturated rings. The number of carbonyl (C=O) groups is 1. The number of amides is 1. The molecule has 1 rings (SSSR count). The van der Waals surface area contributed by atoms with Crippen molar-refractivity contribution in [3.63, 3.8) is 0 Å². The molecule has 88 valence electrons. The van der Waals surface area contributed by atoms with Crippen LogP contribution in [0.15, 0.2) is 24.5 Å². The van der Waals surface area contributed by atoms with Gasteiger partial charge in [0.25, 0.3) is 0 Å². The van der Waals surface area contributed by atoms with Gasteiger partial charge in [-0.1, -0.05) is 19.4 Å². The number of pyridine rings is 1. The van der Waals surface area contributed by atoms with Crippen molar-refractivity contribution in [3.05, 3.63) is 30.1 Å². The quantitative estimate of drug-likeness (QED) is 0.789. The standard InChI is InChI=1S/C12H19N3O/c1-3-5-11(13)12(16)15-9(2)10-6-4-7-14-8-10/h4,6-9,11H,3,5,13H2,1-2H3,(H,15,16)/t9-,11-/m0/s1. The largest absolute Gasteiger partial charge is 0.348 e. The summed E-state index contributed by atoms with van der Waals surface area (Å²) in [7, 11) is 0. The van der Waals surface area contributed by atoms with Crippen LogP contribution in [0.25, 0.3) is 0 Å². The summed E-state index contributed by atoms with van der Waals surface area (Å²) in [5.74, 6) is -0.0989. The zero-order valence-corrected chi connectivity index (χ0v) is 9.81. The number of nitrogens with one attached hydrogen (secondary N) is 1. The van der Waals surface area contributed by atoms with Gasteiger partial charge in [0.2, 0.25) is 5.91 Å². The van der Waals surface area contributed by atoms with Crippen LogP contribution in [-0.2, 0) is 4.79 Å². The minimum atomic E-state index is -0.413. The van der Waals surface area contributed by atoms with Crippen molar-refractivity contribution in [3.8, 4) is 0 Å². The van der Waals surface area contributed by atoms with Crippen LogP contribution in [0, 0.1) is 0 Å². The Labute approximate surface area is 96.3 Å². The van der Waals surface area contributed by atoms with E-state index in [4.69, 9.17) is 5.73 Å². The average Bonchev–Trinajstić information content (AvgIpc) is 2.30. The topological polar surface area (TPSA) is 68.0 Å². The molecule has 16 heavy (non-hydrogen) atoms. The third kappa shape index (κ3) is 3.62. The number of rotatable bonds is 5. The number of hydrogen-bond donors (Lipinski definition) is 2. The Morgan fingerprint density at radius 2 is 2.38 bits per heavy atom. The maximum absolute atomic E-state index is 11.7. The number of nitrogens with zero attached hydrogens (tertiary/aromatic N) is 1. The van der Waals surface area contributed by atoms with Crippen molar-refractivity contribution in [2.75, 3.05) is 0 Å². The molecule has 0 unspecified atom stereocenters. The van der Waals surface area contributed by atoms with E-state index in [1.165, 1.54) is 0 Å². The maximum atomic E-state index is 11.7. The Balaban J connectivity index is 2.51. The fraction of sp³-hybridized carbons (Fsp3) is 0.500. The summed E-state index contributed by atoms with van der Waals surface area (Å²) in [5, 5.41) is 2.88. The highest BCUT2D eigenvalue weighted by Gasteiger charge is 2.15. The lowest BCUT2D eigenvalue weighted by atomic mass is 10.1. The van der Waals surface area contributed by atoms with Crippen molar-refractivity contribution < 1.29 is 4.79 Å². The molecule has 0 saturated carbocycles. The maximum Gasteiger partial charge on any atom is 0.237 e. The first kappa shape index (κ1) is 12.6. The number of aromatic nitrogens is 1. The van der Waals surface area contributed by atoms with Crippen molar-refractivity contribution in [2.24, 2.45) is 5.73 Å². The smallest absolute Gasteiger partial charge is 0.237 e. The normalized spacial score (nSPS) is 14.2. The van der Waals surface area contributed by atoms with Crippen molar-refractivity contribution >= 4 is 5.91 Å². The molecule has 2 atom stereocenters. The zero-order chi connectivity index (χ0) is 12.0. The molecule has 0 saturated heterocycles. The zero-order valence-electron chi connectivity index (χ0n) is 9.81. The van der Waals surface area contributed by atoms with Crippen LogP contribution >= 0.6 is 0 Å². The first-order valence-electron chi connectivity index (χ1n) is 5.61. The van der Waals surface area contributed by atoms with Crippen LogP contribution < -0.4 is 11.1 Å². The van der Waals surface area contributed by atoms with Crippen molar-refractivity contribution in [2.45, 2.75) is 38.8 Å². The monoisotopic (exact) mass is 221 g/mol. The van der Waals surface area contributed by atoms with Crippen LogP contribution in [0.3, 0.4) is 0 Å². The molecule has 1 aromatic rings. The van der Waals surface area contributed by atoms with Gasteiger partial charge in [-0.2, -0.15) is 0 Å². The van der Waals surface area contributed by atoms with Crippen LogP contribution in [-0.4, -0.2) is 16.9 Å². The van der Waals surface area contributed by atoms with Gasteiger partial charge >= 0.3 is 0 Å². The average molecular weight is 221 g/mol. The predicted octanol–water partition coefficient (Wildman–Crippen LogP) is 1.39. The highest BCUT2D eigenvalue weighted by Crippen LogP contribution is 2.10. The van der Waals surface area contributed by atoms with E-state index in [-0.39, 0.29) is 11.9 Å². The van der Waals surface area contributed by atoms with Crippen LogP contribution in [0.4, 0.5) is 0 Å². The molecule has 3 N–H and O–H groups in total. The first-order valence-corrected chi connectivity index (χ1v) is 5.61. The van der Waals surface area contributed by atoms with Gasteiger partial charge in [0.15, 0.2) is 0 Å². The lowest BCUT2D eigenvalue weighted by Gasteiger charge is -2.17. The molecule has 1 amide bonds. The summed E-state index contributed by atoms with van der Waals surface area (Å²) < 4.78 is 0. The molecule has 1 heterocycles. The first-order chi connectivity index (χ1) is 7.65. The molecule has 0 bridgehead atoms. The molecule has 0 aliphatic rings. The Morgan fingerprint density at radius 1 is 1.62 bits per heavy atom. The molecule has 0 spiro atoms. The highest BCUT2D eigenvalue weighted by atomic mass is 16.2. The fourth-order valence-corrected chi connectivity index (χ4v) is 1.48. The van der Waals surface area contributed by atoms with E-state index < -0.39 is 6.04 Å². The second-order valence-electron chi connectivity index (χ2n) is 3.91. The Hall–Kier alpha value is -1.42. The summed E-state index contributed by atoms with van der Waals surface area (Å²) in [4.78, 5) is 15.7. The van der Waals surface area contributed by atoms with Gasteiger partial charge in [0.1, 0.15) is 0 Å². The molecular weight excluding hydrogens is 202 g/mol. The van der Waals surface area contributed by atoms with Crippen LogP contribution in [0.2, 0.25) is 0 Å². The molecule has 4 heteroatoms. The van der Waals surface area contributed by atoms with Gasteiger partial charge in [-0.25, -0.2) is 0 Å². The van der Waals surface area contributed by atoms with Gasteiger partial charge in [-0.15, -0.1) is 0 Å². The molecule has 0 aliphatic carbocycles. The second-order valence-corrected chi connectivity index (χ2v) is 3.91. The molecule has 4 nitrogen and oxygen atoms in total. The van der Waals surface area contributed by atoms with E-state index in [0.29, 0.717) is 6.42 Å². The fourth-order valence-electron chi connectivity index (χ4n) is 1.48. The lowest BCUT2D eigenvalue weighted by Crippen LogP contribution is -2.41. The molecule has 0 aromatic carbocycles. The minimum absolute atomic E-state index is 0.0518. The summed E-state index contributed by atoms with van der Waals surface area (Å²) in [6, 6.07) is 3.32.